The molecule has 12 heteroatoms. The lowest BCUT2D eigenvalue weighted by Gasteiger charge is -2.41. The number of fused-ring (bicyclic) bond motifs is 2. The average molecular weight is 585 g/mol. The van der Waals surface area contributed by atoms with Crippen LogP contribution < -0.4 is 15.0 Å². The number of ether oxygens (including phenoxy) is 2. The van der Waals surface area contributed by atoms with Gasteiger partial charge >= 0.3 is 6.09 Å². The molecule has 1 aliphatic rings. The second-order valence-corrected chi connectivity index (χ2v) is 11.6. The smallest absolute Gasteiger partial charge is 0.410 e. The number of rotatable bonds is 5. The highest BCUT2D eigenvalue weighted by molar-refractivity contribution is 5.94. The largest absolute Gasteiger partial charge is 0.457 e. The van der Waals surface area contributed by atoms with Crippen LogP contribution in [-0.2, 0) is 4.74 Å². The van der Waals surface area contributed by atoms with Crippen molar-refractivity contribution in [2.75, 3.05) is 29.9 Å². The fourth-order valence-corrected chi connectivity index (χ4v) is 5.17. The van der Waals surface area contributed by atoms with Crippen molar-refractivity contribution in [1.29, 1.82) is 0 Å². The number of piperazine rings is 1. The van der Waals surface area contributed by atoms with E-state index >= 15 is 4.39 Å². The normalized spacial score (nSPS) is 15.6. The molecule has 1 atom stereocenters. The molecule has 1 saturated heterocycles. The lowest BCUT2D eigenvalue weighted by molar-refractivity contribution is 0.0159. The van der Waals surface area contributed by atoms with Crippen molar-refractivity contribution in [3.05, 3.63) is 72.7 Å². The molecule has 43 heavy (non-hydrogen) atoms. The standard InChI is InChI=1S/C31H33FN8O3/c1-19-14-21(6-9-25(19)42-22-10-11-40-26(15-22)34-18-36-40)37-29-27-23(33-17-35-29)7-8-24(28(27)32)38-12-13-39(20(2)16-38)30(41)43-31(3,4)5/h6-11,14-15,17-18,20H,12-13,16H2,1-5H3,(H,33,35,37)/t20-/m1/s1. The highest BCUT2D eigenvalue weighted by atomic mass is 19.1. The Balaban J connectivity index is 1.21. The van der Waals surface area contributed by atoms with Crippen LogP contribution in [0.15, 0.2) is 61.3 Å². The number of benzene rings is 2. The van der Waals surface area contributed by atoms with Crippen LogP contribution in [-0.4, -0.2) is 66.8 Å². The summed E-state index contributed by atoms with van der Waals surface area (Å²) in [4.78, 5) is 29.2. The molecule has 0 radical (unpaired) electrons. The molecule has 0 saturated carbocycles. The van der Waals surface area contributed by atoms with Gasteiger partial charge in [-0.05, 0) is 76.6 Å². The van der Waals surface area contributed by atoms with Crippen molar-refractivity contribution in [1.82, 2.24) is 29.5 Å². The van der Waals surface area contributed by atoms with E-state index in [2.05, 4.69) is 25.4 Å². The number of aromatic nitrogens is 5. The number of amides is 1. The summed E-state index contributed by atoms with van der Waals surface area (Å²) in [6.07, 6.45) is 4.33. The Kier molecular flexibility index (Phi) is 7.20. The van der Waals surface area contributed by atoms with E-state index in [-0.39, 0.29) is 12.1 Å². The zero-order valence-electron chi connectivity index (χ0n) is 24.7. The van der Waals surface area contributed by atoms with Gasteiger partial charge in [-0.25, -0.2) is 28.7 Å². The minimum Gasteiger partial charge on any atom is -0.457 e. The monoisotopic (exact) mass is 584 g/mol. The number of carbonyl (C=O) groups is 1. The molecule has 4 heterocycles. The summed E-state index contributed by atoms with van der Waals surface area (Å²) in [5.74, 6) is 1.26. The van der Waals surface area contributed by atoms with Crippen molar-refractivity contribution >= 4 is 39.8 Å². The zero-order valence-corrected chi connectivity index (χ0v) is 24.7. The van der Waals surface area contributed by atoms with E-state index in [0.717, 1.165) is 11.3 Å². The Morgan fingerprint density at radius 1 is 1.05 bits per heavy atom. The van der Waals surface area contributed by atoms with E-state index in [9.17, 15) is 4.79 Å². The van der Waals surface area contributed by atoms with E-state index < -0.39 is 11.4 Å². The maximum atomic E-state index is 16.2. The number of carbonyl (C=O) groups excluding carboxylic acids is 1. The number of aryl methyl sites for hydroxylation is 1. The predicted molar refractivity (Wildman–Crippen MR) is 162 cm³/mol. The molecule has 0 bridgehead atoms. The summed E-state index contributed by atoms with van der Waals surface area (Å²) in [7, 11) is 0. The third-order valence-electron chi connectivity index (χ3n) is 7.23. The van der Waals surface area contributed by atoms with Crippen LogP contribution >= 0.6 is 0 Å². The summed E-state index contributed by atoms with van der Waals surface area (Å²) < 4.78 is 29.5. The topological polar surface area (TPSA) is 110 Å². The van der Waals surface area contributed by atoms with Gasteiger partial charge in [-0.1, -0.05) is 0 Å². The van der Waals surface area contributed by atoms with E-state index in [1.165, 1.54) is 12.7 Å². The molecule has 3 aromatic heterocycles. The van der Waals surface area contributed by atoms with Gasteiger partial charge in [0, 0.05) is 43.6 Å². The molecule has 1 aliphatic heterocycles. The summed E-state index contributed by atoms with van der Waals surface area (Å²) in [6.45, 7) is 10.7. The van der Waals surface area contributed by atoms with E-state index in [1.54, 1.807) is 27.7 Å². The number of pyridine rings is 1. The lowest BCUT2D eigenvalue weighted by atomic mass is 10.1. The fourth-order valence-electron chi connectivity index (χ4n) is 5.17. The maximum Gasteiger partial charge on any atom is 0.410 e. The highest BCUT2D eigenvalue weighted by Gasteiger charge is 2.32. The number of anilines is 3. The van der Waals surface area contributed by atoms with Crippen LogP contribution in [0.3, 0.4) is 0 Å². The Labute approximate surface area is 248 Å². The first-order valence-electron chi connectivity index (χ1n) is 14.1. The highest BCUT2D eigenvalue weighted by Crippen LogP contribution is 2.34. The number of nitrogens with one attached hydrogen (secondary N) is 1. The van der Waals surface area contributed by atoms with Gasteiger partial charge in [-0.15, -0.1) is 0 Å². The first kappa shape index (κ1) is 28.1. The molecular formula is C31H33FN8O3. The second-order valence-electron chi connectivity index (χ2n) is 11.6. The fraction of sp³-hybridized carbons (Fsp3) is 0.323. The van der Waals surface area contributed by atoms with E-state index in [4.69, 9.17) is 9.47 Å². The molecule has 1 fully saturated rings. The molecule has 5 aromatic rings. The zero-order chi connectivity index (χ0) is 30.3. The molecular weight excluding hydrogens is 551 g/mol. The van der Waals surface area contributed by atoms with Crippen LogP contribution in [0.5, 0.6) is 11.5 Å². The molecule has 2 aromatic carbocycles. The number of hydrogen-bond acceptors (Lipinski definition) is 9. The Morgan fingerprint density at radius 3 is 2.65 bits per heavy atom. The van der Waals surface area contributed by atoms with Crippen LogP contribution in [0.25, 0.3) is 16.6 Å². The Morgan fingerprint density at radius 2 is 1.88 bits per heavy atom. The van der Waals surface area contributed by atoms with Gasteiger partial charge in [-0.2, -0.15) is 5.10 Å². The number of nitrogens with zero attached hydrogens (tertiary/aromatic N) is 7. The average Bonchev–Trinajstić information content (AvgIpc) is 3.42. The first-order chi connectivity index (χ1) is 20.6. The second kappa shape index (κ2) is 11.0. The molecule has 0 aliphatic carbocycles. The quantitative estimate of drug-likeness (QED) is 0.262. The third-order valence-corrected chi connectivity index (χ3v) is 7.23. The minimum absolute atomic E-state index is 0.162. The first-order valence-corrected chi connectivity index (χ1v) is 14.1. The molecule has 11 nitrogen and oxygen atoms in total. The summed E-state index contributed by atoms with van der Waals surface area (Å²) >= 11 is 0. The minimum atomic E-state index is -0.582. The van der Waals surface area contributed by atoms with E-state index in [1.807, 2.05) is 69.9 Å². The Hall–Kier alpha value is -5.00. The summed E-state index contributed by atoms with van der Waals surface area (Å²) in [6, 6.07) is 12.6. The van der Waals surface area contributed by atoms with Crippen molar-refractivity contribution in [2.45, 2.75) is 46.3 Å². The van der Waals surface area contributed by atoms with Crippen LogP contribution in [0.4, 0.5) is 26.4 Å². The van der Waals surface area contributed by atoms with Crippen LogP contribution in [0.2, 0.25) is 0 Å². The third kappa shape index (κ3) is 5.85. The van der Waals surface area contributed by atoms with Gasteiger partial charge in [0.05, 0.1) is 16.6 Å². The van der Waals surface area contributed by atoms with Gasteiger partial charge in [0.15, 0.2) is 11.5 Å². The van der Waals surface area contributed by atoms with Crippen molar-refractivity contribution in [3.63, 3.8) is 0 Å². The van der Waals surface area contributed by atoms with Crippen molar-refractivity contribution in [2.24, 2.45) is 0 Å². The molecule has 1 amide bonds. The SMILES string of the molecule is Cc1cc(Nc2ncnc3ccc(N4CCN(C(=O)OC(C)(C)C)[C@H](C)C4)c(F)c23)ccc1Oc1ccn2ncnc2c1. The summed E-state index contributed by atoms with van der Waals surface area (Å²) in [5.41, 5.74) is 2.63. The van der Waals surface area contributed by atoms with Crippen LogP contribution in [0.1, 0.15) is 33.3 Å². The van der Waals surface area contributed by atoms with Gasteiger partial charge in [0.2, 0.25) is 0 Å². The summed E-state index contributed by atoms with van der Waals surface area (Å²) in [5, 5.41) is 7.66. The van der Waals surface area contributed by atoms with Crippen molar-refractivity contribution < 1.29 is 18.7 Å². The van der Waals surface area contributed by atoms with Gasteiger partial charge in [-0.3, -0.25) is 0 Å². The van der Waals surface area contributed by atoms with E-state index in [0.29, 0.717) is 59.2 Å². The van der Waals surface area contributed by atoms with Gasteiger partial charge in [0.1, 0.15) is 35.6 Å². The molecule has 6 rings (SSSR count). The number of halogens is 1. The molecule has 222 valence electrons. The lowest BCUT2D eigenvalue weighted by Crippen LogP contribution is -2.55. The molecule has 1 N–H and O–H groups in total. The van der Waals surface area contributed by atoms with Gasteiger partial charge < -0.3 is 24.6 Å². The maximum absolute atomic E-state index is 16.2. The van der Waals surface area contributed by atoms with Crippen molar-refractivity contribution in [3.8, 4) is 11.5 Å². The molecule has 0 unspecified atom stereocenters. The number of hydrogen-bond donors (Lipinski definition) is 1. The Bertz CT molecular complexity index is 1820. The van der Waals surface area contributed by atoms with Crippen LogP contribution in [0, 0.1) is 12.7 Å². The molecule has 0 spiro atoms. The predicted octanol–water partition coefficient (Wildman–Crippen LogP) is 6.10. The van der Waals surface area contributed by atoms with Gasteiger partial charge in [0.25, 0.3) is 0 Å².